The Labute approximate surface area is 227 Å². The molecular formula is C29H31N5O4S. The lowest BCUT2D eigenvalue weighted by Crippen LogP contribution is -2.39. The zero-order chi connectivity index (χ0) is 27.3. The Hall–Kier alpha value is -3.76. The van der Waals surface area contributed by atoms with Crippen molar-refractivity contribution in [1.29, 1.82) is 0 Å². The molecule has 0 amide bonds. The maximum absolute atomic E-state index is 13.9. The minimum Gasteiger partial charge on any atom is -0.481 e. The fourth-order valence-electron chi connectivity index (χ4n) is 5.99. The number of anilines is 1. The maximum Gasteiger partial charge on any atom is 0.304 e. The Kier molecular flexibility index (Phi) is 6.39. The van der Waals surface area contributed by atoms with E-state index in [1.165, 1.54) is 0 Å². The molecule has 1 fully saturated rings. The highest BCUT2D eigenvalue weighted by molar-refractivity contribution is 7.89. The third-order valence-electron chi connectivity index (χ3n) is 8.09. The summed E-state index contributed by atoms with van der Waals surface area (Å²) in [5.41, 5.74) is 4.93. The van der Waals surface area contributed by atoms with Crippen LogP contribution in [0.15, 0.2) is 65.7 Å². The SMILES string of the molecule is Cc1ccc([C@H](CC(=O)O)c2ccn3c(C)nnc3c2)cc1CN1C[C@H]2CCCN2c2ccccc2S1(=O)=O. The number of pyridine rings is 1. The van der Waals surface area contributed by atoms with E-state index < -0.39 is 21.9 Å². The second kappa shape index (κ2) is 9.77. The highest BCUT2D eigenvalue weighted by Gasteiger charge is 2.39. The molecule has 0 aliphatic carbocycles. The van der Waals surface area contributed by atoms with Gasteiger partial charge >= 0.3 is 5.97 Å². The summed E-state index contributed by atoms with van der Waals surface area (Å²) in [6.45, 7) is 5.33. The van der Waals surface area contributed by atoms with Crippen LogP contribution in [0.3, 0.4) is 0 Å². The van der Waals surface area contributed by atoms with Crippen molar-refractivity contribution < 1.29 is 18.3 Å². The van der Waals surface area contributed by atoms with E-state index in [9.17, 15) is 18.3 Å². The van der Waals surface area contributed by atoms with Crippen LogP contribution in [0.4, 0.5) is 5.69 Å². The van der Waals surface area contributed by atoms with Crippen molar-refractivity contribution in [2.24, 2.45) is 0 Å². The van der Waals surface area contributed by atoms with E-state index in [4.69, 9.17) is 0 Å². The Balaban J connectivity index is 1.38. The zero-order valence-electron chi connectivity index (χ0n) is 22.0. The van der Waals surface area contributed by atoms with Crippen molar-refractivity contribution in [2.75, 3.05) is 18.0 Å². The number of aromatic nitrogens is 3. The average Bonchev–Trinajstić information content (AvgIpc) is 3.52. The zero-order valence-corrected chi connectivity index (χ0v) is 22.8. The van der Waals surface area contributed by atoms with Crippen LogP contribution in [0.1, 0.15) is 53.3 Å². The summed E-state index contributed by atoms with van der Waals surface area (Å²) in [4.78, 5) is 14.5. The minimum absolute atomic E-state index is 0.0990. The summed E-state index contributed by atoms with van der Waals surface area (Å²) in [6.07, 6.45) is 3.75. The fraction of sp³-hybridized carbons (Fsp3) is 0.345. The number of nitrogens with zero attached hydrogens (tertiary/aromatic N) is 5. The molecule has 4 aromatic rings. The lowest BCUT2D eigenvalue weighted by atomic mass is 9.87. The van der Waals surface area contributed by atoms with Crippen molar-refractivity contribution in [3.8, 4) is 0 Å². The largest absolute Gasteiger partial charge is 0.481 e. The Morgan fingerprint density at radius 2 is 1.87 bits per heavy atom. The average molecular weight is 546 g/mol. The molecule has 0 spiro atoms. The van der Waals surface area contributed by atoms with Crippen LogP contribution in [-0.4, -0.2) is 57.5 Å². The summed E-state index contributed by atoms with van der Waals surface area (Å²) >= 11 is 0. The van der Waals surface area contributed by atoms with E-state index >= 15 is 0 Å². The molecule has 2 aromatic carbocycles. The first-order valence-electron chi connectivity index (χ1n) is 13.2. The van der Waals surface area contributed by atoms with Crippen LogP contribution >= 0.6 is 0 Å². The smallest absolute Gasteiger partial charge is 0.304 e. The van der Waals surface area contributed by atoms with Gasteiger partial charge in [-0.3, -0.25) is 9.20 Å². The van der Waals surface area contributed by atoms with Gasteiger partial charge in [0.1, 0.15) is 10.7 Å². The van der Waals surface area contributed by atoms with Crippen molar-refractivity contribution in [1.82, 2.24) is 18.9 Å². The van der Waals surface area contributed by atoms with Gasteiger partial charge in [-0.25, -0.2) is 8.42 Å². The second-order valence-corrected chi connectivity index (χ2v) is 12.4. The number of para-hydroxylation sites is 1. The Morgan fingerprint density at radius 3 is 2.69 bits per heavy atom. The fourth-order valence-corrected chi connectivity index (χ4v) is 7.65. The third kappa shape index (κ3) is 4.57. The summed E-state index contributed by atoms with van der Waals surface area (Å²) in [5.74, 6) is -0.576. The van der Waals surface area contributed by atoms with E-state index in [0.717, 1.165) is 53.2 Å². The molecule has 1 saturated heterocycles. The summed E-state index contributed by atoms with van der Waals surface area (Å²) in [6, 6.07) is 17.1. The summed E-state index contributed by atoms with van der Waals surface area (Å²) < 4.78 is 31.2. The number of hydrogen-bond donors (Lipinski definition) is 1. The molecule has 4 heterocycles. The number of sulfonamides is 1. The highest BCUT2D eigenvalue weighted by Crippen LogP contribution is 2.38. The van der Waals surface area contributed by atoms with Crippen LogP contribution in [-0.2, 0) is 21.4 Å². The van der Waals surface area contributed by atoms with Crippen molar-refractivity contribution in [2.45, 2.75) is 56.5 Å². The normalized spacial score (nSPS) is 19.4. The van der Waals surface area contributed by atoms with Crippen molar-refractivity contribution >= 4 is 27.3 Å². The number of aryl methyl sites for hydroxylation is 2. The number of carbonyl (C=O) groups is 1. The van der Waals surface area contributed by atoms with Crippen LogP contribution in [0.2, 0.25) is 0 Å². The molecule has 2 aliphatic heterocycles. The molecular weight excluding hydrogens is 514 g/mol. The third-order valence-corrected chi connectivity index (χ3v) is 9.95. The van der Waals surface area contributed by atoms with Gasteiger partial charge in [0.2, 0.25) is 10.0 Å². The van der Waals surface area contributed by atoms with Crippen molar-refractivity contribution in [3.63, 3.8) is 0 Å². The van der Waals surface area contributed by atoms with Gasteiger partial charge in [0.25, 0.3) is 0 Å². The highest BCUT2D eigenvalue weighted by atomic mass is 32.2. The lowest BCUT2D eigenvalue weighted by Gasteiger charge is -2.27. The molecule has 9 nitrogen and oxygen atoms in total. The number of benzene rings is 2. The molecule has 2 aliphatic rings. The lowest BCUT2D eigenvalue weighted by molar-refractivity contribution is -0.137. The molecule has 1 N–H and O–H groups in total. The molecule has 0 saturated carbocycles. The Morgan fingerprint density at radius 1 is 1.08 bits per heavy atom. The number of rotatable bonds is 6. The standard InChI is InChI=1S/C29H31N5O4S/c1-19-9-10-21(25(16-29(35)36)22-11-13-33-20(2)30-31-28(33)15-22)14-23(19)17-32-18-24-6-5-12-34(24)26-7-3-4-8-27(26)39(32,37)38/h3-4,7-11,13-15,24-25H,5-6,12,16-18H2,1-2H3,(H,35,36)/t24-,25+/m1/s1. The van der Waals surface area contributed by atoms with E-state index in [0.29, 0.717) is 17.1 Å². The van der Waals surface area contributed by atoms with Gasteiger partial charge in [0.05, 0.1) is 12.1 Å². The van der Waals surface area contributed by atoms with Crippen LogP contribution in [0.5, 0.6) is 0 Å². The first kappa shape index (κ1) is 25.5. The number of hydrogen-bond acceptors (Lipinski definition) is 6. The molecule has 0 radical (unpaired) electrons. The topological polar surface area (TPSA) is 108 Å². The molecule has 2 aromatic heterocycles. The monoisotopic (exact) mass is 545 g/mol. The van der Waals surface area contributed by atoms with E-state index in [1.54, 1.807) is 16.4 Å². The number of aliphatic carboxylic acids is 1. The molecule has 39 heavy (non-hydrogen) atoms. The first-order valence-corrected chi connectivity index (χ1v) is 14.6. The van der Waals surface area contributed by atoms with Gasteiger partial charge in [0.15, 0.2) is 5.65 Å². The van der Waals surface area contributed by atoms with Crippen LogP contribution < -0.4 is 4.90 Å². The van der Waals surface area contributed by atoms with E-state index in [2.05, 4.69) is 15.1 Å². The molecule has 0 bridgehead atoms. The maximum atomic E-state index is 13.9. The molecule has 0 unspecified atom stereocenters. The number of fused-ring (bicyclic) bond motifs is 4. The van der Waals surface area contributed by atoms with E-state index in [-0.39, 0.29) is 19.0 Å². The summed E-state index contributed by atoms with van der Waals surface area (Å²) in [5, 5.41) is 18.1. The van der Waals surface area contributed by atoms with Gasteiger partial charge in [-0.2, -0.15) is 4.31 Å². The van der Waals surface area contributed by atoms with Gasteiger partial charge < -0.3 is 10.0 Å². The minimum atomic E-state index is -3.72. The van der Waals surface area contributed by atoms with Crippen LogP contribution in [0.25, 0.3) is 5.65 Å². The molecule has 2 atom stereocenters. The predicted octanol–water partition coefficient (Wildman–Crippen LogP) is 4.13. The molecule has 202 valence electrons. The van der Waals surface area contributed by atoms with Crippen LogP contribution in [0, 0.1) is 13.8 Å². The molecule has 6 rings (SSSR count). The molecule has 10 heteroatoms. The number of carboxylic acids is 1. The van der Waals surface area contributed by atoms with Gasteiger partial charge in [0, 0.05) is 37.8 Å². The van der Waals surface area contributed by atoms with Gasteiger partial charge in [-0.1, -0.05) is 30.3 Å². The second-order valence-electron chi connectivity index (χ2n) is 10.5. The predicted molar refractivity (Wildman–Crippen MR) is 147 cm³/mol. The van der Waals surface area contributed by atoms with Gasteiger partial charge in [-0.05, 0) is 73.2 Å². The van der Waals surface area contributed by atoms with E-state index in [1.807, 2.05) is 66.9 Å². The first-order chi connectivity index (χ1) is 18.7. The summed E-state index contributed by atoms with van der Waals surface area (Å²) in [7, 11) is -3.72. The van der Waals surface area contributed by atoms with Crippen molar-refractivity contribution in [3.05, 3.63) is 88.9 Å². The van der Waals surface area contributed by atoms with Gasteiger partial charge in [-0.15, -0.1) is 10.2 Å². The number of carboxylic acid groups (broad SMARTS) is 1. The quantitative estimate of drug-likeness (QED) is 0.388. The Bertz CT molecular complexity index is 1680.